The molecule has 134 valence electrons. The van der Waals surface area contributed by atoms with Crippen LogP contribution >= 0.6 is 0 Å². The normalized spacial score (nSPS) is 20.0. The van der Waals surface area contributed by atoms with Crippen molar-refractivity contribution in [1.82, 2.24) is 20.2 Å². The van der Waals surface area contributed by atoms with Crippen LogP contribution in [0.5, 0.6) is 0 Å². The number of nitrogens with one attached hydrogen (secondary N) is 1. The van der Waals surface area contributed by atoms with Crippen LogP contribution in [-0.4, -0.2) is 33.4 Å². The van der Waals surface area contributed by atoms with Crippen molar-refractivity contribution in [1.29, 1.82) is 0 Å². The van der Waals surface area contributed by atoms with Crippen molar-refractivity contribution in [3.8, 4) is 5.69 Å². The van der Waals surface area contributed by atoms with Crippen LogP contribution in [0.15, 0.2) is 54.6 Å². The van der Waals surface area contributed by atoms with Crippen molar-refractivity contribution in [2.75, 3.05) is 18.5 Å². The second kappa shape index (κ2) is 7.66. The van der Waals surface area contributed by atoms with Gasteiger partial charge < -0.3 is 10.1 Å². The first kappa shape index (κ1) is 16.7. The van der Waals surface area contributed by atoms with E-state index in [0.717, 1.165) is 31.7 Å². The molecule has 1 aliphatic heterocycles. The smallest absolute Gasteiger partial charge is 0.247 e. The summed E-state index contributed by atoms with van der Waals surface area (Å²) < 4.78 is 7.83. The third kappa shape index (κ3) is 3.60. The highest BCUT2D eigenvalue weighted by Crippen LogP contribution is 2.33. The molecule has 3 aromatic rings. The van der Waals surface area contributed by atoms with Crippen LogP contribution in [0.4, 0.5) is 5.95 Å². The molecule has 4 rings (SSSR count). The van der Waals surface area contributed by atoms with Gasteiger partial charge in [-0.3, -0.25) is 0 Å². The molecular formula is C20H23N5O. The maximum absolute atomic E-state index is 6.10. The van der Waals surface area contributed by atoms with Crippen molar-refractivity contribution in [3.05, 3.63) is 65.7 Å². The fourth-order valence-electron chi connectivity index (χ4n) is 3.44. The lowest BCUT2D eigenvalue weighted by molar-refractivity contribution is -0.0239. The molecular weight excluding hydrogens is 326 g/mol. The number of para-hydroxylation sites is 1. The zero-order valence-corrected chi connectivity index (χ0v) is 14.9. The standard InChI is InChI=1S/C20H23N5O/c1-15-9-11-16(12-10-15)19-17(6-5-13-26-19)14-21-20-22-23-24-25(20)18-7-3-2-4-8-18/h2-4,7-12,17,19H,5-6,13-14H2,1H3,(H,21,22,24). The summed E-state index contributed by atoms with van der Waals surface area (Å²) in [5, 5.41) is 15.5. The van der Waals surface area contributed by atoms with Crippen LogP contribution in [0.3, 0.4) is 0 Å². The summed E-state index contributed by atoms with van der Waals surface area (Å²) in [6, 6.07) is 18.5. The van der Waals surface area contributed by atoms with E-state index in [2.05, 4.69) is 52.0 Å². The molecule has 2 heterocycles. The van der Waals surface area contributed by atoms with Crippen molar-refractivity contribution < 1.29 is 4.74 Å². The first-order valence-electron chi connectivity index (χ1n) is 9.07. The lowest BCUT2D eigenvalue weighted by Gasteiger charge is -2.32. The fourth-order valence-corrected chi connectivity index (χ4v) is 3.44. The van der Waals surface area contributed by atoms with E-state index < -0.39 is 0 Å². The molecule has 6 heteroatoms. The molecule has 0 radical (unpaired) electrons. The number of benzene rings is 2. The molecule has 0 aliphatic carbocycles. The summed E-state index contributed by atoms with van der Waals surface area (Å²) in [6.45, 7) is 3.69. The van der Waals surface area contributed by atoms with Gasteiger partial charge in [-0.05, 0) is 47.9 Å². The minimum absolute atomic E-state index is 0.109. The van der Waals surface area contributed by atoms with Gasteiger partial charge in [0.15, 0.2) is 0 Å². The van der Waals surface area contributed by atoms with Crippen LogP contribution in [0.25, 0.3) is 5.69 Å². The summed E-state index contributed by atoms with van der Waals surface area (Å²) in [5.41, 5.74) is 3.45. The predicted molar refractivity (Wildman–Crippen MR) is 100 cm³/mol. The minimum atomic E-state index is 0.109. The van der Waals surface area contributed by atoms with Crippen LogP contribution in [-0.2, 0) is 4.74 Å². The fraction of sp³-hybridized carbons (Fsp3) is 0.350. The zero-order valence-electron chi connectivity index (χ0n) is 14.9. The van der Waals surface area contributed by atoms with Gasteiger partial charge in [0.05, 0.1) is 11.8 Å². The summed E-state index contributed by atoms with van der Waals surface area (Å²) in [4.78, 5) is 0. The molecule has 0 bridgehead atoms. The monoisotopic (exact) mass is 349 g/mol. The summed E-state index contributed by atoms with van der Waals surface area (Å²) in [7, 11) is 0. The van der Waals surface area contributed by atoms with Gasteiger partial charge in [0.1, 0.15) is 0 Å². The van der Waals surface area contributed by atoms with E-state index in [1.54, 1.807) is 4.68 Å². The van der Waals surface area contributed by atoms with E-state index in [9.17, 15) is 0 Å². The maximum Gasteiger partial charge on any atom is 0.247 e. The quantitative estimate of drug-likeness (QED) is 0.763. The van der Waals surface area contributed by atoms with Crippen LogP contribution in [0.2, 0.25) is 0 Å². The van der Waals surface area contributed by atoms with Crippen LogP contribution < -0.4 is 5.32 Å². The number of hydrogen-bond donors (Lipinski definition) is 1. The Morgan fingerprint density at radius 2 is 1.92 bits per heavy atom. The van der Waals surface area contributed by atoms with Crippen LogP contribution in [0.1, 0.15) is 30.1 Å². The summed E-state index contributed by atoms with van der Waals surface area (Å²) >= 11 is 0. The van der Waals surface area contributed by atoms with Gasteiger partial charge in [0, 0.05) is 19.1 Å². The Morgan fingerprint density at radius 3 is 2.73 bits per heavy atom. The van der Waals surface area contributed by atoms with Gasteiger partial charge in [-0.15, -0.1) is 0 Å². The van der Waals surface area contributed by atoms with Gasteiger partial charge in [-0.25, -0.2) is 0 Å². The van der Waals surface area contributed by atoms with Crippen LogP contribution in [0, 0.1) is 12.8 Å². The van der Waals surface area contributed by atoms with E-state index >= 15 is 0 Å². The molecule has 6 nitrogen and oxygen atoms in total. The number of nitrogens with zero attached hydrogens (tertiary/aromatic N) is 4. The molecule has 2 atom stereocenters. The first-order valence-corrected chi connectivity index (χ1v) is 9.07. The third-order valence-electron chi connectivity index (χ3n) is 4.84. The number of ether oxygens (including phenoxy) is 1. The van der Waals surface area contributed by atoms with Gasteiger partial charge in [0.2, 0.25) is 5.95 Å². The molecule has 0 spiro atoms. The first-order chi connectivity index (χ1) is 12.8. The van der Waals surface area contributed by atoms with Crippen molar-refractivity contribution in [2.45, 2.75) is 25.9 Å². The highest BCUT2D eigenvalue weighted by Gasteiger charge is 2.27. The van der Waals surface area contributed by atoms with E-state index in [0.29, 0.717) is 11.9 Å². The third-order valence-corrected chi connectivity index (χ3v) is 4.84. The molecule has 1 saturated heterocycles. The lowest BCUT2D eigenvalue weighted by Crippen LogP contribution is -2.29. The van der Waals surface area contributed by atoms with Gasteiger partial charge in [-0.1, -0.05) is 53.1 Å². The zero-order chi connectivity index (χ0) is 17.8. The molecule has 2 aromatic carbocycles. The summed E-state index contributed by atoms with van der Waals surface area (Å²) in [6.07, 6.45) is 2.31. The Balaban J connectivity index is 1.48. The molecule has 1 fully saturated rings. The Hall–Kier alpha value is -2.73. The van der Waals surface area contributed by atoms with Gasteiger partial charge >= 0.3 is 0 Å². The molecule has 0 saturated carbocycles. The Kier molecular flexibility index (Phi) is 4.93. The highest BCUT2D eigenvalue weighted by molar-refractivity contribution is 5.38. The van der Waals surface area contributed by atoms with E-state index in [4.69, 9.17) is 4.74 Å². The largest absolute Gasteiger partial charge is 0.373 e. The SMILES string of the molecule is Cc1ccc(C2OCCCC2CNc2nnnn2-c2ccccc2)cc1. The van der Waals surface area contributed by atoms with E-state index in [1.807, 2.05) is 30.3 Å². The Bertz CT molecular complexity index is 831. The molecule has 26 heavy (non-hydrogen) atoms. The molecule has 2 unspecified atom stereocenters. The topological polar surface area (TPSA) is 64.9 Å². The van der Waals surface area contributed by atoms with Crippen molar-refractivity contribution in [3.63, 3.8) is 0 Å². The second-order valence-corrected chi connectivity index (χ2v) is 6.74. The number of hydrogen-bond acceptors (Lipinski definition) is 5. The average Bonchev–Trinajstić information content (AvgIpc) is 3.17. The predicted octanol–water partition coefficient (Wildman–Crippen LogP) is 3.55. The summed E-state index contributed by atoms with van der Waals surface area (Å²) in [5.74, 6) is 1.04. The van der Waals surface area contributed by atoms with Gasteiger partial charge in [0.25, 0.3) is 0 Å². The lowest BCUT2D eigenvalue weighted by atomic mass is 9.89. The maximum atomic E-state index is 6.10. The second-order valence-electron chi connectivity index (χ2n) is 6.74. The number of aryl methyl sites for hydroxylation is 1. The molecule has 1 N–H and O–H groups in total. The Labute approximate surface area is 153 Å². The number of rotatable bonds is 5. The van der Waals surface area contributed by atoms with E-state index in [1.165, 1.54) is 11.1 Å². The highest BCUT2D eigenvalue weighted by atomic mass is 16.5. The number of tetrazole rings is 1. The van der Waals surface area contributed by atoms with Crippen molar-refractivity contribution in [2.24, 2.45) is 5.92 Å². The van der Waals surface area contributed by atoms with E-state index in [-0.39, 0.29) is 6.10 Å². The number of anilines is 1. The molecule has 1 aliphatic rings. The molecule has 1 aromatic heterocycles. The van der Waals surface area contributed by atoms with Gasteiger partial charge in [-0.2, -0.15) is 4.68 Å². The average molecular weight is 349 g/mol. The van der Waals surface area contributed by atoms with Crippen molar-refractivity contribution >= 4 is 5.95 Å². The minimum Gasteiger partial charge on any atom is -0.373 e. The Morgan fingerprint density at radius 1 is 1.12 bits per heavy atom. The molecule has 0 amide bonds. The number of aromatic nitrogens is 4.